The molecule has 94 valence electrons. The first-order valence-corrected chi connectivity index (χ1v) is 7.31. The number of H-pyrrole nitrogens is 1. The van der Waals surface area contributed by atoms with Gasteiger partial charge >= 0.3 is 0 Å². The molecule has 0 aromatic carbocycles. The van der Waals surface area contributed by atoms with E-state index in [1.165, 1.54) is 19.3 Å². The maximum Gasteiger partial charge on any atom is 0.257 e. The third-order valence-corrected chi connectivity index (χ3v) is 3.70. The predicted molar refractivity (Wildman–Crippen MR) is 70.3 cm³/mol. The summed E-state index contributed by atoms with van der Waals surface area (Å²) in [5, 5.41) is 7.37. The number of nitrogens with zero attached hydrogens (tertiary/aromatic N) is 2. The molecule has 1 aliphatic carbocycles. The fourth-order valence-corrected chi connectivity index (χ4v) is 2.85. The Kier molecular flexibility index (Phi) is 4.59. The fraction of sp³-hybridized carbons (Fsp3) is 0.667. The van der Waals surface area contributed by atoms with Gasteiger partial charge in [0.05, 0.1) is 11.8 Å². The summed E-state index contributed by atoms with van der Waals surface area (Å²) in [6, 6.07) is 0.406. The molecule has 4 nitrogen and oxygen atoms in total. The Morgan fingerprint density at radius 2 is 2.24 bits per heavy atom. The zero-order valence-electron chi connectivity index (χ0n) is 9.86. The van der Waals surface area contributed by atoms with E-state index in [-0.39, 0.29) is 5.91 Å². The van der Waals surface area contributed by atoms with Crippen LogP contribution in [0.15, 0.2) is 12.4 Å². The molecule has 0 saturated heterocycles. The first-order chi connectivity index (χ1) is 8.33. The number of aromatic nitrogens is 2. The molecule has 1 aliphatic rings. The van der Waals surface area contributed by atoms with Gasteiger partial charge in [-0.05, 0) is 12.8 Å². The average Bonchev–Trinajstić information content (AvgIpc) is 2.90. The Morgan fingerprint density at radius 1 is 1.47 bits per heavy atom. The van der Waals surface area contributed by atoms with Gasteiger partial charge in [-0.1, -0.05) is 35.2 Å². The molecule has 5 heteroatoms. The molecule has 17 heavy (non-hydrogen) atoms. The van der Waals surface area contributed by atoms with E-state index in [1.54, 1.807) is 12.4 Å². The van der Waals surface area contributed by atoms with E-state index in [0.717, 1.165) is 24.7 Å². The maximum absolute atomic E-state index is 12.3. The number of halogens is 1. The molecule has 0 unspecified atom stereocenters. The Bertz CT molecular complexity index is 347. The number of hydrogen-bond acceptors (Lipinski definition) is 2. The van der Waals surface area contributed by atoms with Gasteiger partial charge in [0.15, 0.2) is 0 Å². The van der Waals surface area contributed by atoms with Crippen molar-refractivity contribution >= 4 is 21.8 Å². The summed E-state index contributed by atoms with van der Waals surface area (Å²) in [5.41, 5.74) is 0.663. The predicted octanol–water partition coefficient (Wildman–Crippen LogP) is 2.58. The second kappa shape index (κ2) is 6.19. The number of rotatable bonds is 4. The number of alkyl halides is 1. The van der Waals surface area contributed by atoms with Crippen LogP contribution >= 0.6 is 15.9 Å². The van der Waals surface area contributed by atoms with Crippen molar-refractivity contribution in [3.8, 4) is 0 Å². The lowest BCUT2D eigenvalue weighted by Crippen LogP contribution is -2.42. The largest absolute Gasteiger partial charge is 0.335 e. The van der Waals surface area contributed by atoms with E-state index in [4.69, 9.17) is 0 Å². The molecule has 1 fully saturated rings. The lowest BCUT2D eigenvalue weighted by Gasteiger charge is -2.33. The van der Waals surface area contributed by atoms with Crippen LogP contribution in [0.5, 0.6) is 0 Å². The molecular weight excluding hydrogens is 282 g/mol. The normalized spacial score (nSPS) is 17.0. The second-order valence-corrected chi connectivity index (χ2v) is 5.26. The Balaban J connectivity index is 2.07. The molecule has 0 aliphatic heterocycles. The standard InChI is InChI=1S/C12H18BrN3O/c13-6-7-16(11-4-2-1-3-5-11)12(17)10-8-14-15-9-10/h8-9,11H,1-7H2,(H,14,15). The first-order valence-electron chi connectivity index (χ1n) is 6.18. The molecule has 1 saturated carbocycles. The summed E-state index contributed by atoms with van der Waals surface area (Å²) in [6.07, 6.45) is 9.33. The van der Waals surface area contributed by atoms with Crippen molar-refractivity contribution in [3.63, 3.8) is 0 Å². The van der Waals surface area contributed by atoms with E-state index in [0.29, 0.717) is 11.6 Å². The summed E-state index contributed by atoms with van der Waals surface area (Å²) in [5.74, 6) is 0.102. The Labute approximate surface area is 110 Å². The molecule has 0 bridgehead atoms. The summed E-state index contributed by atoms with van der Waals surface area (Å²) in [6.45, 7) is 0.772. The van der Waals surface area contributed by atoms with Crippen LogP contribution in [0.4, 0.5) is 0 Å². The van der Waals surface area contributed by atoms with E-state index >= 15 is 0 Å². The van der Waals surface area contributed by atoms with Crippen molar-refractivity contribution in [3.05, 3.63) is 18.0 Å². The van der Waals surface area contributed by atoms with Crippen LogP contribution in [-0.4, -0.2) is 38.9 Å². The van der Waals surface area contributed by atoms with E-state index in [1.807, 2.05) is 4.90 Å². The van der Waals surface area contributed by atoms with Crippen LogP contribution in [0, 0.1) is 0 Å². The third kappa shape index (κ3) is 3.09. The van der Waals surface area contributed by atoms with Gasteiger partial charge in [0.1, 0.15) is 0 Å². The van der Waals surface area contributed by atoms with Crippen LogP contribution in [0.1, 0.15) is 42.5 Å². The van der Waals surface area contributed by atoms with Crippen LogP contribution in [0.25, 0.3) is 0 Å². The van der Waals surface area contributed by atoms with Crippen LogP contribution in [0.3, 0.4) is 0 Å². The minimum atomic E-state index is 0.102. The van der Waals surface area contributed by atoms with E-state index in [2.05, 4.69) is 26.1 Å². The van der Waals surface area contributed by atoms with Crippen molar-refractivity contribution < 1.29 is 4.79 Å². The quantitative estimate of drug-likeness (QED) is 0.869. The molecule has 1 aromatic heterocycles. The SMILES string of the molecule is O=C(c1cn[nH]c1)N(CCBr)C1CCCCC1. The molecule has 1 aromatic rings. The van der Waals surface area contributed by atoms with Gasteiger partial charge in [-0.15, -0.1) is 0 Å². The van der Waals surface area contributed by atoms with Gasteiger partial charge < -0.3 is 4.90 Å². The van der Waals surface area contributed by atoms with Gasteiger partial charge in [0.2, 0.25) is 0 Å². The summed E-state index contributed by atoms with van der Waals surface area (Å²) < 4.78 is 0. The molecule has 2 rings (SSSR count). The molecule has 1 heterocycles. The molecule has 0 atom stereocenters. The third-order valence-electron chi connectivity index (χ3n) is 3.35. The highest BCUT2D eigenvalue weighted by Crippen LogP contribution is 2.23. The Morgan fingerprint density at radius 3 is 2.82 bits per heavy atom. The topological polar surface area (TPSA) is 49.0 Å². The van der Waals surface area contributed by atoms with Crippen molar-refractivity contribution in [1.29, 1.82) is 0 Å². The smallest absolute Gasteiger partial charge is 0.257 e. The molecular formula is C12H18BrN3O. The highest BCUT2D eigenvalue weighted by Gasteiger charge is 2.25. The van der Waals surface area contributed by atoms with Crippen molar-refractivity contribution in [1.82, 2.24) is 15.1 Å². The van der Waals surface area contributed by atoms with Crippen molar-refractivity contribution in [2.45, 2.75) is 38.1 Å². The highest BCUT2D eigenvalue weighted by molar-refractivity contribution is 9.09. The van der Waals surface area contributed by atoms with E-state index in [9.17, 15) is 4.79 Å². The van der Waals surface area contributed by atoms with Gasteiger partial charge in [0, 0.05) is 24.1 Å². The second-order valence-electron chi connectivity index (χ2n) is 4.47. The summed E-state index contributed by atoms with van der Waals surface area (Å²) in [7, 11) is 0. The lowest BCUT2D eigenvalue weighted by atomic mass is 9.94. The zero-order chi connectivity index (χ0) is 12.1. The van der Waals surface area contributed by atoms with Gasteiger partial charge in [-0.2, -0.15) is 5.10 Å². The van der Waals surface area contributed by atoms with Gasteiger partial charge in [-0.25, -0.2) is 0 Å². The minimum absolute atomic E-state index is 0.102. The lowest BCUT2D eigenvalue weighted by molar-refractivity contribution is 0.0651. The fourth-order valence-electron chi connectivity index (χ4n) is 2.47. The number of carbonyl (C=O) groups is 1. The Hall–Kier alpha value is -0.840. The summed E-state index contributed by atoms with van der Waals surface area (Å²) in [4.78, 5) is 14.3. The number of nitrogens with one attached hydrogen (secondary N) is 1. The van der Waals surface area contributed by atoms with Crippen molar-refractivity contribution in [2.75, 3.05) is 11.9 Å². The number of carbonyl (C=O) groups excluding carboxylic acids is 1. The highest BCUT2D eigenvalue weighted by atomic mass is 79.9. The van der Waals surface area contributed by atoms with E-state index < -0.39 is 0 Å². The van der Waals surface area contributed by atoms with Gasteiger partial charge in [-0.3, -0.25) is 9.89 Å². The number of aromatic amines is 1. The molecule has 0 radical (unpaired) electrons. The molecule has 1 amide bonds. The van der Waals surface area contributed by atoms with Gasteiger partial charge in [0.25, 0.3) is 5.91 Å². The first kappa shape index (κ1) is 12.6. The number of hydrogen-bond donors (Lipinski definition) is 1. The number of amides is 1. The van der Waals surface area contributed by atoms with Crippen LogP contribution in [0.2, 0.25) is 0 Å². The molecule has 0 spiro atoms. The van der Waals surface area contributed by atoms with Crippen molar-refractivity contribution in [2.24, 2.45) is 0 Å². The summed E-state index contributed by atoms with van der Waals surface area (Å²) >= 11 is 3.43. The molecule has 1 N–H and O–H groups in total. The maximum atomic E-state index is 12.3. The minimum Gasteiger partial charge on any atom is -0.335 e. The average molecular weight is 300 g/mol. The van der Waals surface area contributed by atoms with Crippen LogP contribution < -0.4 is 0 Å². The zero-order valence-corrected chi connectivity index (χ0v) is 11.4. The monoisotopic (exact) mass is 299 g/mol. The van der Waals surface area contributed by atoms with Crippen LogP contribution in [-0.2, 0) is 0 Å².